The number of hydrogen-bond donors (Lipinski definition) is 1. The van der Waals surface area contributed by atoms with E-state index in [1.165, 1.54) is 10.4 Å². The first-order valence-corrected chi connectivity index (χ1v) is 7.60. The summed E-state index contributed by atoms with van der Waals surface area (Å²) in [4.78, 5) is 5.46. The molecule has 1 aliphatic heterocycles. The molecule has 0 aliphatic carbocycles. The average molecular weight is 274 g/mol. The normalized spacial score (nSPS) is 18.9. The zero-order valence-electron chi connectivity index (χ0n) is 11.0. The Morgan fingerprint density at radius 1 is 1.47 bits per heavy atom. The molecule has 0 saturated heterocycles. The second-order valence-corrected chi connectivity index (χ2v) is 5.78. The van der Waals surface area contributed by atoms with Crippen LogP contribution in [0.2, 0.25) is 0 Å². The minimum atomic E-state index is 0.222. The van der Waals surface area contributed by atoms with Gasteiger partial charge in [0.05, 0.1) is 5.51 Å². The molecule has 1 N–H and O–H groups in total. The highest BCUT2D eigenvalue weighted by Gasteiger charge is 2.29. The molecule has 1 aromatic heterocycles. The number of rotatable bonds is 5. The number of likely N-dealkylation sites (N-methyl/N-ethyl adjacent to an activating group) is 1. The van der Waals surface area contributed by atoms with Crippen molar-refractivity contribution in [2.45, 2.75) is 31.9 Å². The minimum Gasteiger partial charge on any atom is -0.488 e. The van der Waals surface area contributed by atoms with E-state index in [0.717, 1.165) is 25.1 Å². The van der Waals surface area contributed by atoms with E-state index in [2.05, 4.69) is 35.4 Å². The van der Waals surface area contributed by atoms with Crippen molar-refractivity contribution in [1.82, 2.24) is 10.3 Å². The van der Waals surface area contributed by atoms with Crippen LogP contribution in [0, 0.1) is 0 Å². The van der Waals surface area contributed by atoms with Crippen molar-refractivity contribution < 1.29 is 4.74 Å². The van der Waals surface area contributed by atoms with Crippen LogP contribution in [-0.2, 0) is 12.8 Å². The van der Waals surface area contributed by atoms with Crippen LogP contribution in [0.25, 0.3) is 0 Å². The summed E-state index contributed by atoms with van der Waals surface area (Å²) < 4.78 is 6.09. The Bertz CT molecular complexity index is 502. The molecule has 0 bridgehead atoms. The van der Waals surface area contributed by atoms with Gasteiger partial charge in [-0.25, -0.2) is 0 Å². The van der Waals surface area contributed by atoms with Gasteiger partial charge in [0.1, 0.15) is 11.9 Å². The molecule has 3 nitrogen and oxygen atoms in total. The van der Waals surface area contributed by atoms with E-state index in [0.29, 0.717) is 6.04 Å². The number of thiazole rings is 1. The summed E-state index contributed by atoms with van der Waals surface area (Å²) in [5, 5.41) is 3.55. The van der Waals surface area contributed by atoms with Crippen molar-refractivity contribution in [2.75, 3.05) is 6.54 Å². The zero-order chi connectivity index (χ0) is 13.1. The van der Waals surface area contributed by atoms with Gasteiger partial charge >= 0.3 is 0 Å². The molecule has 2 atom stereocenters. The van der Waals surface area contributed by atoms with Crippen LogP contribution in [0.5, 0.6) is 5.75 Å². The fourth-order valence-electron chi connectivity index (χ4n) is 2.59. The molecule has 0 saturated carbocycles. The molecule has 0 radical (unpaired) electrons. The Kier molecular flexibility index (Phi) is 3.80. The van der Waals surface area contributed by atoms with E-state index in [1.54, 1.807) is 11.3 Å². The number of nitrogens with zero attached hydrogens (tertiary/aromatic N) is 1. The lowest BCUT2D eigenvalue weighted by molar-refractivity contribution is 0.178. The number of para-hydroxylation sites is 1. The third-order valence-electron chi connectivity index (χ3n) is 3.49. The van der Waals surface area contributed by atoms with Gasteiger partial charge in [0.2, 0.25) is 0 Å². The third-order valence-corrected chi connectivity index (χ3v) is 4.29. The number of nitrogens with one attached hydrogen (secondary N) is 1. The first-order chi connectivity index (χ1) is 9.36. The quantitative estimate of drug-likeness (QED) is 0.910. The molecule has 19 heavy (non-hydrogen) atoms. The fraction of sp³-hybridized carbons (Fsp3) is 0.400. The number of fused-ring (bicyclic) bond motifs is 1. The highest BCUT2D eigenvalue weighted by Crippen LogP contribution is 2.30. The van der Waals surface area contributed by atoms with Crippen LogP contribution in [0.4, 0.5) is 0 Å². The Morgan fingerprint density at radius 3 is 3.11 bits per heavy atom. The second kappa shape index (κ2) is 5.72. The predicted octanol–water partition coefficient (Wildman–Crippen LogP) is 2.67. The molecular formula is C15H18N2OS. The van der Waals surface area contributed by atoms with Crippen molar-refractivity contribution in [3.05, 3.63) is 46.4 Å². The lowest BCUT2D eigenvalue weighted by Crippen LogP contribution is -2.43. The van der Waals surface area contributed by atoms with E-state index in [9.17, 15) is 0 Å². The number of aromatic nitrogens is 1. The van der Waals surface area contributed by atoms with Gasteiger partial charge in [-0.05, 0) is 18.2 Å². The molecule has 1 aromatic carbocycles. The Hall–Kier alpha value is -1.39. The van der Waals surface area contributed by atoms with Crippen molar-refractivity contribution in [3.8, 4) is 5.75 Å². The fourth-order valence-corrected chi connectivity index (χ4v) is 3.24. The third kappa shape index (κ3) is 2.80. The molecule has 0 fully saturated rings. The van der Waals surface area contributed by atoms with Gasteiger partial charge in [0, 0.05) is 30.0 Å². The lowest BCUT2D eigenvalue weighted by atomic mass is 10.0. The van der Waals surface area contributed by atoms with Gasteiger partial charge in [0.15, 0.2) is 0 Å². The molecule has 100 valence electrons. The standard InChI is InChI=1S/C15H18N2OS/c1-2-17-13(8-12-9-16-10-19-12)15-7-11-5-3-4-6-14(11)18-15/h3-6,9-10,13,15,17H,2,7-8H2,1H3. The van der Waals surface area contributed by atoms with Gasteiger partial charge in [-0.1, -0.05) is 25.1 Å². The Balaban J connectivity index is 1.72. The smallest absolute Gasteiger partial charge is 0.123 e. The molecule has 1 aliphatic rings. The van der Waals surface area contributed by atoms with Gasteiger partial charge in [-0.2, -0.15) is 0 Å². The topological polar surface area (TPSA) is 34.2 Å². The summed E-state index contributed by atoms with van der Waals surface area (Å²) in [5.41, 5.74) is 3.21. The largest absolute Gasteiger partial charge is 0.488 e. The first kappa shape index (κ1) is 12.6. The van der Waals surface area contributed by atoms with Crippen LogP contribution >= 0.6 is 11.3 Å². The number of ether oxygens (including phenoxy) is 1. The van der Waals surface area contributed by atoms with Crippen LogP contribution in [0.15, 0.2) is 36.0 Å². The highest BCUT2D eigenvalue weighted by atomic mass is 32.1. The minimum absolute atomic E-state index is 0.222. The SMILES string of the molecule is CCNC(Cc1cncs1)C1Cc2ccccc2O1. The summed E-state index contributed by atoms with van der Waals surface area (Å²) in [5.74, 6) is 1.04. The summed E-state index contributed by atoms with van der Waals surface area (Å²) in [6, 6.07) is 8.68. The van der Waals surface area contributed by atoms with Crippen molar-refractivity contribution in [1.29, 1.82) is 0 Å². The van der Waals surface area contributed by atoms with Crippen molar-refractivity contribution in [2.24, 2.45) is 0 Å². The maximum Gasteiger partial charge on any atom is 0.123 e. The molecule has 2 aromatic rings. The molecular weight excluding hydrogens is 256 g/mol. The van der Waals surface area contributed by atoms with Gasteiger partial charge in [0.25, 0.3) is 0 Å². The van der Waals surface area contributed by atoms with Crippen molar-refractivity contribution in [3.63, 3.8) is 0 Å². The summed E-state index contributed by atoms with van der Waals surface area (Å²) in [6.45, 7) is 3.10. The Morgan fingerprint density at radius 2 is 2.37 bits per heavy atom. The van der Waals surface area contributed by atoms with E-state index in [-0.39, 0.29) is 6.10 Å². The molecule has 2 heterocycles. The van der Waals surface area contributed by atoms with E-state index < -0.39 is 0 Å². The van der Waals surface area contributed by atoms with E-state index >= 15 is 0 Å². The molecule has 2 unspecified atom stereocenters. The maximum atomic E-state index is 6.09. The summed E-state index contributed by atoms with van der Waals surface area (Å²) in [7, 11) is 0. The van der Waals surface area contributed by atoms with Gasteiger partial charge < -0.3 is 10.1 Å². The Labute approximate surface area is 117 Å². The van der Waals surface area contributed by atoms with Crippen LogP contribution < -0.4 is 10.1 Å². The predicted molar refractivity (Wildman–Crippen MR) is 77.8 cm³/mol. The zero-order valence-corrected chi connectivity index (χ0v) is 11.8. The summed E-state index contributed by atoms with van der Waals surface area (Å²) >= 11 is 1.71. The number of benzene rings is 1. The molecule has 0 amide bonds. The molecule has 4 heteroatoms. The summed E-state index contributed by atoms with van der Waals surface area (Å²) in [6.07, 6.45) is 4.15. The highest BCUT2D eigenvalue weighted by molar-refractivity contribution is 7.09. The molecule has 3 rings (SSSR count). The second-order valence-electron chi connectivity index (χ2n) is 4.80. The number of hydrogen-bond acceptors (Lipinski definition) is 4. The maximum absolute atomic E-state index is 6.09. The van der Waals surface area contributed by atoms with Crippen LogP contribution in [0.1, 0.15) is 17.4 Å². The first-order valence-electron chi connectivity index (χ1n) is 6.72. The monoisotopic (exact) mass is 274 g/mol. The van der Waals surface area contributed by atoms with Gasteiger partial charge in [-0.15, -0.1) is 11.3 Å². The van der Waals surface area contributed by atoms with Crippen LogP contribution in [-0.4, -0.2) is 23.7 Å². The van der Waals surface area contributed by atoms with Crippen molar-refractivity contribution >= 4 is 11.3 Å². The van der Waals surface area contributed by atoms with E-state index in [4.69, 9.17) is 4.74 Å². The van der Waals surface area contributed by atoms with E-state index in [1.807, 2.05) is 17.8 Å². The average Bonchev–Trinajstić information content (AvgIpc) is 3.06. The molecule has 0 spiro atoms. The van der Waals surface area contributed by atoms with Crippen LogP contribution in [0.3, 0.4) is 0 Å². The lowest BCUT2D eigenvalue weighted by Gasteiger charge is -2.23. The van der Waals surface area contributed by atoms with Gasteiger partial charge in [-0.3, -0.25) is 4.98 Å².